The van der Waals surface area contributed by atoms with Crippen LogP contribution in [0.2, 0.25) is 0 Å². The predicted molar refractivity (Wildman–Crippen MR) is 148 cm³/mol. The zero-order valence-corrected chi connectivity index (χ0v) is 22.4. The topological polar surface area (TPSA) is 169 Å². The highest BCUT2D eigenvalue weighted by molar-refractivity contribution is 5.93. The molecule has 40 heavy (non-hydrogen) atoms. The molecule has 0 aliphatic carbocycles. The molecule has 0 saturated carbocycles. The summed E-state index contributed by atoms with van der Waals surface area (Å²) < 4.78 is 9.92. The second-order valence-corrected chi connectivity index (χ2v) is 8.82. The summed E-state index contributed by atoms with van der Waals surface area (Å²) >= 11 is 0. The first kappa shape index (κ1) is 28.1. The molecular weight excluding hydrogens is 522 g/mol. The molecule has 0 unspecified atom stereocenters. The number of benzene rings is 1. The maximum absolute atomic E-state index is 12.9. The molecule has 0 spiro atoms. The van der Waals surface area contributed by atoms with Crippen molar-refractivity contribution in [3.63, 3.8) is 0 Å². The van der Waals surface area contributed by atoms with E-state index in [-0.39, 0.29) is 35.9 Å². The van der Waals surface area contributed by atoms with Gasteiger partial charge in [-0.15, -0.1) is 0 Å². The third-order valence-corrected chi connectivity index (χ3v) is 6.35. The van der Waals surface area contributed by atoms with Crippen molar-refractivity contribution in [2.45, 2.75) is 6.54 Å². The minimum atomic E-state index is -0.484. The number of aromatic nitrogens is 6. The quantitative estimate of drug-likeness (QED) is 0.193. The van der Waals surface area contributed by atoms with Gasteiger partial charge >= 0.3 is 11.4 Å². The molecular formula is C26H29N7O7. The monoisotopic (exact) mass is 551 g/mol. The molecule has 0 aliphatic heterocycles. The summed E-state index contributed by atoms with van der Waals surface area (Å²) in [6, 6.07) is 9.50. The Bertz CT molecular complexity index is 1890. The van der Waals surface area contributed by atoms with Crippen LogP contribution in [0, 0.1) is 0 Å². The Morgan fingerprint density at radius 2 is 1.73 bits per heavy atom. The Kier molecular flexibility index (Phi) is 8.31. The SMILES string of the molecule is CON(C)C(=O)COCCn1cc2c(c1-c1ccccc1)c(=O)n(C)c(=O)n2C.O=c1[nH]c(=O)c2c[nH]cc2[nH]1. The van der Waals surface area contributed by atoms with Crippen molar-refractivity contribution in [1.29, 1.82) is 0 Å². The molecule has 0 bridgehead atoms. The van der Waals surface area contributed by atoms with Crippen LogP contribution in [0.3, 0.4) is 0 Å². The highest BCUT2D eigenvalue weighted by Crippen LogP contribution is 2.27. The van der Waals surface area contributed by atoms with Gasteiger partial charge in [-0.2, -0.15) is 0 Å². The molecule has 0 atom stereocenters. The van der Waals surface area contributed by atoms with Crippen molar-refractivity contribution in [2.75, 3.05) is 27.4 Å². The molecule has 1 aromatic carbocycles. The summed E-state index contributed by atoms with van der Waals surface area (Å²) in [5.74, 6) is -0.301. The molecule has 5 rings (SSSR count). The number of hydroxylamine groups is 2. The van der Waals surface area contributed by atoms with E-state index < -0.39 is 5.69 Å². The van der Waals surface area contributed by atoms with Crippen molar-refractivity contribution in [3.05, 3.63) is 90.6 Å². The summed E-state index contributed by atoms with van der Waals surface area (Å²) in [6.07, 6.45) is 4.86. The fraction of sp³-hybridized carbons (Fsp3) is 0.269. The molecule has 210 valence electrons. The van der Waals surface area contributed by atoms with Gasteiger partial charge in [0.2, 0.25) is 0 Å². The van der Waals surface area contributed by atoms with E-state index in [9.17, 15) is 24.0 Å². The summed E-state index contributed by atoms with van der Waals surface area (Å²) in [5.41, 5.74) is 1.05. The van der Waals surface area contributed by atoms with E-state index >= 15 is 0 Å². The van der Waals surface area contributed by atoms with E-state index in [0.717, 1.165) is 15.2 Å². The number of likely N-dealkylation sites (N-methyl/N-ethyl adjacent to an activating group) is 1. The van der Waals surface area contributed by atoms with Crippen LogP contribution < -0.4 is 22.5 Å². The minimum Gasteiger partial charge on any atom is -0.370 e. The normalized spacial score (nSPS) is 11.0. The highest BCUT2D eigenvalue weighted by Gasteiger charge is 2.19. The second-order valence-electron chi connectivity index (χ2n) is 8.82. The highest BCUT2D eigenvalue weighted by atomic mass is 16.7. The lowest BCUT2D eigenvalue weighted by Gasteiger charge is -2.14. The molecule has 0 radical (unpaired) electrons. The third kappa shape index (κ3) is 5.57. The average molecular weight is 552 g/mol. The molecule has 5 aromatic rings. The summed E-state index contributed by atoms with van der Waals surface area (Å²) in [5, 5.41) is 2.03. The van der Waals surface area contributed by atoms with Gasteiger partial charge in [0.25, 0.3) is 17.0 Å². The number of hydrogen-bond donors (Lipinski definition) is 3. The number of aromatic amines is 3. The van der Waals surface area contributed by atoms with Crippen molar-refractivity contribution >= 4 is 27.7 Å². The van der Waals surface area contributed by atoms with Gasteiger partial charge in [0, 0.05) is 46.3 Å². The van der Waals surface area contributed by atoms with Crippen LogP contribution in [0.15, 0.2) is 68.1 Å². The van der Waals surface area contributed by atoms with Crippen LogP contribution in [-0.2, 0) is 35.0 Å². The third-order valence-electron chi connectivity index (χ3n) is 6.35. The van der Waals surface area contributed by atoms with Crippen LogP contribution in [0.25, 0.3) is 33.1 Å². The molecule has 14 heteroatoms. The Balaban J connectivity index is 0.000000278. The lowest BCUT2D eigenvalue weighted by molar-refractivity contribution is -0.173. The Hall–Kier alpha value is -4.95. The number of amides is 1. The predicted octanol–water partition coefficient (Wildman–Crippen LogP) is 0.287. The van der Waals surface area contributed by atoms with Crippen molar-refractivity contribution in [2.24, 2.45) is 14.1 Å². The van der Waals surface area contributed by atoms with E-state index in [1.54, 1.807) is 19.4 Å². The molecule has 4 aromatic heterocycles. The zero-order chi connectivity index (χ0) is 29.0. The first-order valence-corrected chi connectivity index (χ1v) is 12.2. The van der Waals surface area contributed by atoms with Gasteiger partial charge in [0.15, 0.2) is 0 Å². The number of rotatable bonds is 7. The number of carbonyl (C=O) groups excluding carboxylic acids is 1. The van der Waals surface area contributed by atoms with Crippen LogP contribution in [0.4, 0.5) is 0 Å². The number of aryl methyl sites for hydroxylation is 1. The van der Waals surface area contributed by atoms with E-state index in [1.807, 2.05) is 34.9 Å². The maximum Gasteiger partial charge on any atom is 0.330 e. The molecule has 4 heterocycles. The molecule has 3 N–H and O–H groups in total. The van der Waals surface area contributed by atoms with Crippen molar-refractivity contribution < 1.29 is 14.4 Å². The number of H-pyrrole nitrogens is 3. The largest absolute Gasteiger partial charge is 0.370 e. The van der Waals surface area contributed by atoms with Gasteiger partial charge in [0.1, 0.15) is 6.61 Å². The van der Waals surface area contributed by atoms with E-state index in [0.29, 0.717) is 34.0 Å². The molecule has 0 fully saturated rings. The van der Waals surface area contributed by atoms with Crippen LogP contribution >= 0.6 is 0 Å². The van der Waals surface area contributed by atoms with Crippen LogP contribution in [0.1, 0.15) is 0 Å². The van der Waals surface area contributed by atoms with Gasteiger partial charge in [-0.25, -0.2) is 14.7 Å². The van der Waals surface area contributed by atoms with E-state index in [4.69, 9.17) is 9.57 Å². The number of nitrogens with zero attached hydrogens (tertiary/aromatic N) is 4. The Morgan fingerprint density at radius 1 is 1.00 bits per heavy atom. The average Bonchev–Trinajstić information content (AvgIpc) is 3.58. The molecule has 14 nitrogen and oxygen atoms in total. The van der Waals surface area contributed by atoms with Gasteiger partial charge in [-0.1, -0.05) is 30.3 Å². The van der Waals surface area contributed by atoms with Gasteiger partial charge in [-0.05, 0) is 5.56 Å². The van der Waals surface area contributed by atoms with Crippen LogP contribution in [-0.4, -0.2) is 67.0 Å². The first-order chi connectivity index (χ1) is 19.1. The summed E-state index contributed by atoms with van der Waals surface area (Å²) in [6.45, 7) is 0.532. The number of nitrogens with one attached hydrogen (secondary N) is 3. The van der Waals surface area contributed by atoms with Gasteiger partial charge < -0.3 is 19.3 Å². The number of hydrogen-bond acceptors (Lipinski definition) is 7. The van der Waals surface area contributed by atoms with Gasteiger partial charge in [-0.3, -0.25) is 33.3 Å². The molecule has 1 amide bonds. The second kappa shape index (κ2) is 11.8. The minimum absolute atomic E-state index is 0.119. The fourth-order valence-electron chi connectivity index (χ4n) is 4.17. The lowest BCUT2D eigenvalue weighted by atomic mass is 10.1. The standard InChI is InChI=1S/C20H24N4O5.C6H5N3O2/c1-21-15-12-24(10-11-29-13-16(25)23(3)28-4)18(14-8-6-5-7-9-14)17(15)19(26)22(2)20(21)27;10-5-3-1-7-2-4(3)8-6(11)9-5/h5-9,12H,10-11,13H2,1-4H3;1-2,7H,(H2,8,9,10,11). The fourth-order valence-corrected chi connectivity index (χ4v) is 4.17. The van der Waals surface area contributed by atoms with Crippen LogP contribution in [0.5, 0.6) is 0 Å². The zero-order valence-electron chi connectivity index (χ0n) is 22.4. The van der Waals surface area contributed by atoms with Crippen molar-refractivity contribution in [3.8, 4) is 11.3 Å². The number of ether oxygens (including phenoxy) is 1. The van der Waals surface area contributed by atoms with E-state index in [2.05, 4.69) is 15.0 Å². The summed E-state index contributed by atoms with van der Waals surface area (Å²) in [7, 11) is 6.02. The Morgan fingerprint density at radius 3 is 2.42 bits per heavy atom. The lowest BCUT2D eigenvalue weighted by Crippen LogP contribution is -2.36. The smallest absolute Gasteiger partial charge is 0.330 e. The van der Waals surface area contributed by atoms with Crippen molar-refractivity contribution in [1.82, 2.24) is 33.7 Å². The Labute approximate surface area is 226 Å². The first-order valence-electron chi connectivity index (χ1n) is 12.2. The molecule has 0 saturated heterocycles. The maximum atomic E-state index is 12.9. The van der Waals surface area contributed by atoms with E-state index in [1.165, 1.54) is 32.0 Å². The summed E-state index contributed by atoms with van der Waals surface area (Å²) in [4.78, 5) is 70.7. The van der Waals surface area contributed by atoms with Gasteiger partial charge in [0.05, 0.1) is 41.2 Å². The number of fused-ring (bicyclic) bond motifs is 2. The molecule has 0 aliphatic rings. The number of carbonyl (C=O) groups is 1.